The van der Waals surface area contributed by atoms with Crippen LogP contribution in [0.4, 0.5) is 0 Å². The van der Waals surface area contributed by atoms with Crippen LogP contribution in [-0.2, 0) is 16.9 Å². The molecule has 21 heavy (non-hydrogen) atoms. The fourth-order valence-electron chi connectivity index (χ4n) is 2.08. The molecule has 1 aromatic carbocycles. The molecule has 1 N–H and O–H groups in total. The van der Waals surface area contributed by atoms with E-state index in [1.807, 2.05) is 24.3 Å². The molecule has 0 radical (unpaired) electrons. The monoisotopic (exact) mass is 325 g/mol. The third-order valence-electron chi connectivity index (χ3n) is 3.11. The molecule has 1 unspecified atom stereocenters. The first-order valence-electron chi connectivity index (χ1n) is 6.82. The summed E-state index contributed by atoms with van der Waals surface area (Å²) in [6.07, 6.45) is 0.764. The second-order valence-corrected chi connectivity index (χ2v) is 6.15. The van der Waals surface area contributed by atoms with Gasteiger partial charge >= 0.3 is 0 Å². The third kappa shape index (κ3) is 4.20. The summed E-state index contributed by atoms with van der Waals surface area (Å²) in [6.45, 7) is 2.46. The van der Waals surface area contributed by atoms with Gasteiger partial charge in [-0.25, -0.2) is 0 Å². The van der Waals surface area contributed by atoms with Crippen molar-refractivity contribution in [3.05, 3.63) is 41.0 Å². The van der Waals surface area contributed by atoms with Crippen molar-refractivity contribution in [2.75, 3.05) is 19.7 Å². The highest BCUT2D eigenvalue weighted by molar-refractivity contribution is 7.98. The van der Waals surface area contributed by atoms with E-state index in [9.17, 15) is 0 Å². The molecular formula is C14H16ClN3O2S. The van der Waals surface area contributed by atoms with E-state index in [0.717, 1.165) is 29.6 Å². The first-order chi connectivity index (χ1) is 10.3. The first-order valence-corrected chi connectivity index (χ1v) is 8.19. The molecule has 0 spiro atoms. The second-order valence-electron chi connectivity index (χ2n) is 4.72. The lowest BCUT2D eigenvalue weighted by Crippen LogP contribution is -2.39. The normalized spacial score (nSPS) is 18.8. The standard InChI is InChI=1S/C14H16ClN3O2S/c15-11-3-1-2-4-12(11)21-9-13-17-14(20-18-13)7-10-8-16-5-6-19-10/h1-4,10,16H,5-9H2. The maximum absolute atomic E-state index is 6.12. The highest BCUT2D eigenvalue weighted by Crippen LogP contribution is 2.28. The molecule has 5 nitrogen and oxygen atoms in total. The van der Waals surface area contributed by atoms with Gasteiger partial charge in [0.25, 0.3) is 0 Å². The van der Waals surface area contributed by atoms with Gasteiger partial charge < -0.3 is 14.6 Å². The number of hydrogen-bond acceptors (Lipinski definition) is 6. The Morgan fingerprint density at radius 2 is 2.29 bits per heavy atom. The molecule has 112 valence electrons. The molecule has 3 rings (SSSR count). The highest BCUT2D eigenvalue weighted by atomic mass is 35.5. The maximum Gasteiger partial charge on any atom is 0.229 e. The predicted octanol–water partition coefficient (Wildman–Crippen LogP) is 2.55. The lowest BCUT2D eigenvalue weighted by molar-refractivity contribution is 0.0246. The zero-order chi connectivity index (χ0) is 14.5. The quantitative estimate of drug-likeness (QED) is 0.853. The van der Waals surface area contributed by atoms with Gasteiger partial charge in [-0.3, -0.25) is 0 Å². The molecule has 1 saturated heterocycles. The molecule has 1 fully saturated rings. The Labute approximate surface area is 132 Å². The predicted molar refractivity (Wildman–Crippen MR) is 81.6 cm³/mol. The minimum atomic E-state index is 0.114. The average Bonchev–Trinajstić information content (AvgIpc) is 2.95. The summed E-state index contributed by atoms with van der Waals surface area (Å²) in [7, 11) is 0. The Kier molecular flexibility index (Phi) is 5.13. The number of nitrogens with zero attached hydrogens (tertiary/aromatic N) is 2. The Morgan fingerprint density at radius 1 is 1.38 bits per heavy atom. The Morgan fingerprint density at radius 3 is 3.10 bits per heavy atom. The second kappa shape index (κ2) is 7.26. The van der Waals surface area contributed by atoms with Crippen LogP contribution in [0.1, 0.15) is 11.7 Å². The molecule has 0 amide bonds. The lowest BCUT2D eigenvalue weighted by Gasteiger charge is -2.21. The van der Waals surface area contributed by atoms with Gasteiger partial charge in [0, 0.05) is 18.0 Å². The third-order valence-corrected chi connectivity index (χ3v) is 4.62. The van der Waals surface area contributed by atoms with Crippen molar-refractivity contribution in [2.45, 2.75) is 23.2 Å². The summed E-state index contributed by atoms with van der Waals surface area (Å²) >= 11 is 7.71. The van der Waals surface area contributed by atoms with E-state index in [1.54, 1.807) is 11.8 Å². The molecule has 2 heterocycles. The summed E-state index contributed by atoms with van der Waals surface area (Å²) in [5.41, 5.74) is 0. The number of benzene rings is 1. The zero-order valence-electron chi connectivity index (χ0n) is 11.4. The molecular weight excluding hydrogens is 310 g/mol. The van der Waals surface area contributed by atoms with Crippen LogP contribution < -0.4 is 5.32 Å². The van der Waals surface area contributed by atoms with Gasteiger partial charge in [0.2, 0.25) is 5.89 Å². The van der Waals surface area contributed by atoms with E-state index in [-0.39, 0.29) is 6.10 Å². The van der Waals surface area contributed by atoms with Crippen LogP contribution in [-0.4, -0.2) is 35.9 Å². The molecule has 1 aliphatic heterocycles. The van der Waals surface area contributed by atoms with Crippen LogP contribution >= 0.6 is 23.4 Å². The minimum absolute atomic E-state index is 0.114. The van der Waals surface area contributed by atoms with Gasteiger partial charge in [0.05, 0.1) is 29.9 Å². The van der Waals surface area contributed by atoms with Crippen LogP contribution in [0, 0.1) is 0 Å². The van der Waals surface area contributed by atoms with Gasteiger partial charge in [-0.05, 0) is 12.1 Å². The summed E-state index contributed by atoms with van der Waals surface area (Å²) in [5.74, 6) is 1.94. The number of rotatable bonds is 5. The molecule has 0 bridgehead atoms. The van der Waals surface area contributed by atoms with Crippen molar-refractivity contribution in [3.8, 4) is 0 Å². The van der Waals surface area contributed by atoms with E-state index in [0.29, 0.717) is 23.9 Å². The summed E-state index contributed by atoms with van der Waals surface area (Å²) < 4.78 is 10.9. The van der Waals surface area contributed by atoms with E-state index in [4.69, 9.17) is 20.9 Å². The first kappa shape index (κ1) is 14.8. The fourth-order valence-corrected chi connectivity index (χ4v) is 3.16. The molecule has 0 aliphatic carbocycles. The molecule has 1 atom stereocenters. The van der Waals surface area contributed by atoms with Crippen molar-refractivity contribution in [3.63, 3.8) is 0 Å². The van der Waals surface area contributed by atoms with Crippen LogP contribution in [0.3, 0.4) is 0 Å². The number of nitrogens with one attached hydrogen (secondary N) is 1. The highest BCUT2D eigenvalue weighted by Gasteiger charge is 2.17. The minimum Gasteiger partial charge on any atom is -0.375 e. The van der Waals surface area contributed by atoms with Crippen LogP contribution in [0.5, 0.6) is 0 Å². The maximum atomic E-state index is 6.12. The zero-order valence-corrected chi connectivity index (χ0v) is 13.0. The number of hydrogen-bond donors (Lipinski definition) is 1. The van der Waals surface area contributed by atoms with Gasteiger partial charge in [-0.15, -0.1) is 11.8 Å². The lowest BCUT2D eigenvalue weighted by atomic mass is 10.2. The van der Waals surface area contributed by atoms with Crippen LogP contribution in [0.15, 0.2) is 33.7 Å². The van der Waals surface area contributed by atoms with Crippen LogP contribution in [0.2, 0.25) is 5.02 Å². The SMILES string of the molecule is Clc1ccccc1SCc1noc(CC2CNCCO2)n1. The van der Waals surface area contributed by atoms with Gasteiger partial charge in [-0.1, -0.05) is 28.9 Å². The van der Waals surface area contributed by atoms with E-state index in [1.165, 1.54) is 0 Å². The number of ether oxygens (including phenoxy) is 1. The summed E-state index contributed by atoms with van der Waals surface area (Å²) in [4.78, 5) is 5.42. The average molecular weight is 326 g/mol. The summed E-state index contributed by atoms with van der Waals surface area (Å²) in [5, 5.41) is 8.02. The van der Waals surface area contributed by atoms with Gasteiger partial charge in [-0.2, -0.15) is 4.98 Å². The molecule has 0 saturated carbocycles. The van der Waals surface area contributed by atoms with Gasteiger partial charge in [0.15, 0.2) is 5.82 Å². The Balaban J connectivity index is 1.54. The van der Waals surface area contributed by atoms with E-state index >= 15 is 0 Å². The fraction of sp³-hybridized carbons (Fsp3) is 0.429. The van der Waals surface area contributed by atoms with Crippen molar-refractivity contribution < 1.29 is 9.26 Å². The summed E-state index contributed by atoms with van der Waals surface area (Å²) in [6, 6.07) is 7.73. The topological polar surface area (TPSA) is 60.2 Å². The number of aromatic nitrogens is 2. The number of morpholine rings is 1. The van der Waals surface area contributed by atoms with Crippen molar-refractivity contribution >= 4 is 23.4 Å². The number of halogens is 1. The van der Waals surface area contributed by atoms with Crippen LogP contribution in [0.25, 0.3) is 0 Å². The van der Waals surface area contributed by atoms with Crippen molar-refractivity contribution in [2.24, 2.45) is 0 Å². The molecule has 1 aliphatic rings. The van der Waals surface area contributed by atoms with E-state index in [2.05, 4.69) is 15.5 Å². The largest absolute Gasteiger partial charge is 0.375 e. The van der Waals surface area contributed by atoms with E-state index < -0.39 is 0 Å². The van der Waals surface area contributed by atoms with Crippen molar-refractivity contribution in [1.82, 2.24) is 15.5 Å². The smallest absolute Gasteiger partial charge is 0.229 e. The molecule has 1 aromatic heterocycles. The van der Waals surface area contributed by atoms with Crippen molar-refractivity contribution in [1.29, 1.82) is 0 Å². The van der Waals surface area contributed by atoms with Gasteiger partial charge in [0.1, 0.15) is 0 Å². The Bertz CT molecular complexity index is 587. The molecule has 7 heteroatoms. The number of thioether (sulfide) groups is 1. The molecule has 2 aromatic rings. The Hall–Kier alpha value is -1.08.